The van der Waals surface area contributed by atoms with E-state index in [0.29, 0.717) is 5.02 Å². The van der Waals surface area contributed by atoms with E-state index >= 15 is 0 Å². The molecule has 0 saturated heterocycles. The van der Waals surface area contributed by atoms with E-state index in [0.717, 1.165) is 22.6 Å². The Morgan fingerprint density at radius 1 is 1.24 bits per heavy atom. The molecular formula is C16H19ClN2OS. The number of thioether (sulfide) groups is 1. The van der Waals surface area contributed by atoms with Crippen LogP contribution in [0, 0.1) is 0 Å². The highest BCUT2D eigenvalue weighted by Crippen LogP contribution is 2.32. The van der Waals surface area contributed by atoms with Crippen LogP contribution in [-0.2, 0) is 0 Å². The van der Waals surface area contributed by atoms with E-state index in [1.807, 2.05) is 23.9 Å². The zero-order chi connectivity index (χ0) is 15.2. The number of nitrogens with two attached hydrogens (primary N) is 1. The summed E-state index contributed by atoms with van der Waals surface area (Å²) in [6.07, 6.45) is 0. The SMILES string of the molecule is CCSc1ccc(C(NN)c2cc(Cl)ccc2OC)cc1. The fourth-order valence-electron chi connectivity index (χ4n) is 2.22. The van der Waals surface area contributed by atoms with Crippen LogP contribution >= 0.6 is 23.4 Å². The zero-order valence-corrected chi connectivity index (χ0v) is 13.7. The van der Waals surface area contributed by atoms with Gasteiger partial charge < -0.3 is 4.74 Å². The van der Waals surface area contributed by atoms with Gasteiger partial charge in [-0.05, 0) is 41.6 Å². The highest BCUT2D eigenvalue weighted by atomic mass is 35.5. The average Bonchev–Trinajstić information content (AvgIpc) is 2.50. The lowest BCUT2D eigenvalue weighted by atomic mass is 9.98. The monoisotopic (exact) mass is 322 g/mol. The molecule has 3 nitrogen and oxygen atoms in total. The second-order valence-corrected chi connectivity index (χ2v) is 6.26. The number of hydrazine groups is 1. The predicted octanol–water partition coefficient (Wildman–Crippen LogP) is 4.01. The van der Waals surface area contributed by atoms with Crippen LogP contribution in [0.4, 0.5) is 0 Å². The summed E-state index contributed by atoms with van der Waals surface area (Å²) >= 11 is 7.91. The fraction of sp³-hybridized carbons (Fsp3) is 0.250. The van der Waals surface area contributed by atoms with Gasteiger partial charge in [0.05, 0.1) is 13.2 Å². The first-order valence-electron chi connectivity index (χ1n) is 6.72. The molecular weight excluding hydrogens is 304 g/mol. The van der Waals surface area contributed by atoms with E-state index in [1.165, 1.54) is 4.90 Å². The van der Waals surface area contributed by atoms with Crippen molar-refractivity contribution >= 4 is 23.4 Å². The molecule has 0 saturated carbocycles. The molecule has 0 aliphatic rings. The maximum atomic E-state index is 6.10. The second-order valence-electron chi connectivity index (χ2n) is 4.49. The summed E-state index contributed by atoms with van der Waals surface area (Å²) in [5.41, 5.74) is 4.83. The van der Waals surface area contributed by atoms with Gasteiger partial charge in [0.25, 0.3) is 0 Å². The van der Waals surface area contributed by atoms with Gasteiger partial charge in [-0.2, -0.15) is 0 Å². The summed E-state index contributed by atoms with van der Waals surface area (Å²) in [7, 11) is 1.64. The third-order valence-corrected chi connectivity index (χ3v) is 4.32. The van der Waals surface area contributed by atoms with Gasteiger partial charge in [-0.3, -0.25) is 5.84 Å². The summed E-state index contributed by atoms with van der Waals surface area (Å²) in [6, 6.07) is 13.7. The number of hydrogen-bond acceptors (Lipinski definition) is 4. The Morgan fingerprint density at radius 2 is 1.95 bits per heavy atom. The van der Waals surface area contributed by atoms with Gasteiger partial charge in [-0.25, -0.2) is 5.43 Å². The van der Waals surface area contributed by atoms with Crippen molar-refractivity contribution in [3.63, 3.8) is 0 Å². The second kappa shape index (κ2) is 7.71. The van der Waals surface area contributed by atoms with E-state index in [-0.39, 0.29) is 6.04 Å². The van der Waals surface area contributed by atoms with Gasteiger partial charge in [-0.15, -0.1) is 11.8 Å². The molecule has 2 aromatic rings. The van der Waals surface area contributed by atoms with E-state index < -0.39 is 0 Å². The number of methoxy groups -OCH3 is 1. The normalized spacial score (nSPS) is 12.2. The lowest BCUT2D eigenvalue weighted by Crippen LogP contribution is -2.29. The molecule has 0 aliphatic heterocycles. The minimum absolute atomic E-state index is 0.167. The van der Waals surface area contributed by atoms with Crippen molar-refractivity contribution in [1.29, 1.82) is 0 Å². The van der Waals surface area contributed by atoms with Crippen LogP contribution in [-0.4, -0.2) is 12.9 Å². The number of halogens is 1. The van der Waals surface area contributed by atoms with Crippen molar-refractivity contribution in [3.8, 4) is 5.75 Å². The quantitative estimate of drug-likeness (QED) is 0.479. The first-order valence-corrected chi connectivity index (χ1v) is 8.08. The van der Waals surface area contributed by atoms with E-state index in [1.54, 1.807) is 13.2 Å². The molecule has 1 atom stereocenters. The van der Waals surface area contributed by atoms with E-state index in [4.69, 9.17) is 22.2 Å². The lowest BCUT2D eigenvalue weighted by Gasteiger charge is -2.20. The predicted molar refractivity (Wildman–Crippen MR) is 90.0 cm³/mol. The summed E-state index contributed by atoms with van der Waals surface area (Å²) in [4.78, 5) is 1.25. The molecule has 2 rings (SSSR count). The van der Waals surface area contributed by atoms with Gasteiger partial charge >= 0.3 is 0 Å². The van der Waals surface area contributed by atoms with Crippen molar-refractivity contribution < 1.29 is 4.74 Å². The lowest BCUT2D eigenvalue weighted by molar-refractivity contribution is 0.404. The number of benzene rings is 2. The Bertz CT molecular complexity index is 589. The zero-order valence-electron chi connectivity index (χ0n) is 12.1. The third-order valence-electron chi connectivity index (χ3n) is 3.19. The third kappa shape index (κ3) is 3.92. The summed E-state index contributed by atoms with van der Waals surface area (Å²) in [6.45, 7) is 2.14. The number of hydrogen-bond donors (Lipinski definition) is 2. The molecule has 3 N–H and O–H groups in total. The molecule has 2 aromatic carbocycles. The van der Waals surface area contributed by atoms with Crippen LogP contribution in [0.5, 0.6) is 5.75 Å². The van der Waals surface area contributed by atoms with Crippen LogP contribution in [0.3, 0.4) is 0 Å². The molecule has 21 heavy (non-hydrogen) atoms. The van der Waals surface area contributed by atoms with Crippen LogP contribution in [0.25, 0.3) is 0 Å². The van der Waals surface area contributed by atoms with Crippen LogP contribution in [0.1, 0.15) is 24.1 Å². The van der Waals surface area contributed by atoms with Gasteiger partial charge in [0.15, 0.2) is 0 Å². The van der Waals surface area contributed by atoms with Crippen molar-refractivity contribution in [3.05, 3.63) is 58.6 Å². The minimum Gasteiger partial charge on any atom is -0.496 e. The minimum atomic E-state index is -0.167. The Kier molecular flexibility index (Phi) is 5.94. The van der Waals surface area contributed by atoms with Crippen molar-refractivity contribution in [2.75, 3.05) is 12.9 Å². The van der Waals surface area contributed by atoms with Crippen molar-refractivity contribution in [2.24, 2.45) is 5.84 Å². The van der Waals surface area contributed by atoms with Gasteiger partial charge in [0, 0.05) is 15.5 Å². The molecule has 1 unspecified atom stereocenters. The highest BCUT2D eigenvalue weighted by Gasteiger charge is 2.17. The molecule has 0 amide bonds. The number of ether oxygens (including phenoxy) is 1. The molecule has 0 fully saturated rings. The maximum Gasteiger partial charge on any atom is 0.124 e. The van der Waals surface area contributed by atoms with Crippen LogP contribution < -0.4 is 16.0 Å². The first kappa shape index (κ1) is 16.2. The smallest absolute Gasteiger partial charge is 0.124 e. The van der Waals surface area contributed by atoms with Gasteiger partial charge in [0.2, 0.25) is 0 Å². The first-order chi connectivity index (χ1) is 10.2. The highest BCUT2D eigenvalue weighted by molar-refractivity contribution is 7.99. The van der Waals surface area contributed by atoms with Crippen LogP contribution in [0.15, 0.2) is 47.4 Å². The van der Waals surface area contributed by atoms with Crippen molar-refractivity contribution in [2.45, 2.75) is 17.9 Å². The molecule has 112 valence electrons. The molecule has 0 spiro atoms. The average molecular weight is 323 g/mol. The largest absolute Gasteiger partial charge is 0.496 e. The Balaban J connectivity index is 2.37. The maximum absolute atomic E-state index is 6.10. The fourth-order valence-corrected chi connectivity index (χ4v) is 3.06. The molecule has 0 aromatic heterocycles. The van der Waals surface area contributed by atoms with Gasteiger partial charge in [-0.1, -0.05) is 30.7 Å². The molecule has 0 heterocycles. The number of rotatable bonds is 6. The summed E-state index contributed by atoms with van der Waals surface area (Å²) < 4.78 is 5.41. The van der Waals surface area contributed by atoms with E-state index in [9.17, 15) is 0 Å². The molecule has 5 heteroatoms. The Morgan fingerprint density at radius 3 is 2.52 bits per heavy atom. The van der Waals surface area contributed by atoms with E-state index in [2.05, 4.69) is 36.6 Å². The Hall–Kier alpha value is -1.20. The summed E-state index contributed by atoms with van der Waals surface area (Å²) in [5, 5.41) is 0.657. The van der Waals surface area contributed by atoms with Crippen molar-refractivity contribution in [1.82, 2.24) is 5.43 Å². The molecule has 0 aliphatic carbocycles. The molecule has 0 radical (unpaired) electrons. The summed E-state index contributed by atoms with van der Waals surface area (Å²) in [5.74, 6) is 7.57. The number of nitrogens with one attached hydrogen (secondary N) is 1. The standard InChI is InChI=1S/C16H19ClN2OS/c1-3-21-13-7-4-11(5-8-13)16(19-18)14-10-12(17)6-9-15(14)20-2/h4-10,16,19H,3,18H2,1-2H3. The van der Waals surface area contributed by atoms with Crippen LogP contribution in [0.2, 0.25) is 5.02 Å². The molecule has 0 bridgehead atoms. The topological polar surface area (TPSA) is 47.3 Å². The van der Waals surface area contributed by atoms with Gasteiger partial charge in [0.1, 0.15) is 5.75 Å². The Labute approximate surface area is 134 Å².